The van der Waals surface area contributed by atoms with Gasteiger partial charge in [0.2, 0.25) is 0 Å². The fraction of sp³-hybridized carbons (Fsp3) is 0.923. The van der Waals surface area contributed by atoms with Crippen LogP contribution in [0.1, 0.15) is 66.2 Å². The molecule has 0 spiro atoms. The van der Waals surface area contributed by atoms with Crippen LogP contribution in [-0.2, 0) is 4.79 Å². The van der Waals surface area contributed by atoms with E-state index in [1.165, 1.54) is 52.4 Å². The van der Waals surface area contributed by atoms with Crippen LogP contribution in [0.5, 0.6) is 0 Å². The molecule has 0 bridgehead atoms. The molecule has 0 saturated heterocycles. The largest absolute Gasteiger partial charge is 0.317 e. The topological polar surface area (TPSA) is 29.1 Å². The molecule has 15 heavy (non-hydrogen) atoms. The lowest BCUT2D eigenvalue weighted by Crippen LogP contribution is -2.09. The molecule has 0 atom stereocenters. The molecule has 1 fully saturated rings. The van der Waals surface area contributed by atoms with Gasteiger partial charge in [-0.3, -0.25) is 0 Å². The third-order valence-corrected chi connectivity index (χ3v) is 2.00. The maximum Gasteiger partial charge on any atom is 0.126 e. The van der Waals surface area contributed by atoms with Gasteiger partial charge in [0.1, 0.15) is 5.78 Å². The number of Topliss-reactive ketones (excluding diaryl/α,β-unsaturated/α-hetero) is 1. The third-order valence-electron chi connectivity index (χ3n) is 2.00. The molecule has 92 valence electrons. The minimum absolute atomic E-state index is 0.167. The minimum atomic E-state index is 0.167. The van der Waals surface area contributed by atoms with Crippen molar-refractivity contribution in [1.29, 1.82) is 0 Å². The molecule has 0 aromatic rings. The number of hydrogen-bond donors (Lipinski definition) is 1. The summed E-state index contributed by atoms with van der Waals surface area (Å²) in [5.41, 5.74) is 0. The molecule has 0 heterocycles. The van der Waals surface area contributed by atoms with E-state index in [1.807, 2.05) is 0 Å². The van der Waals surface area contributed by atoms with Gasteiger partial charge in [-0.15, -0.1) is 0 Å². The molecule has 0 aromatic heterocycles. The molecule has 1 rings (SSSR count). The number of nitrogens with one attached hydrogen (secondary N) is 1. The second-order valence-electron chi connectivity index (χ2n) is 3.99. The first-order valence-electron chi connectivity index (χ1n) is 6.33. The quantitative estimate of drug-likeness (QED) is 0.763. The van der Waals surface area contributed by atoms with Gasteiger partial charge in [0, 0.05) is 0 Å². The number of carbonyl (C=O) groups excluding carboxylic acids is 1. The van der Waals surface area contributed by atoms with Crippen molar-refractivity contribution in [2.45, 2.75) is 66.2 Å². The minimum Gasteiger partial charge on any atom is -0.317 e. The Morgan fingerprint density at radius 2 is 1.07 bits per heavy atom. The molecule has 0 amide bonds. The van der Waals surface area contributed by atoms with Gasteiger partial charge in [0.25, 0.3) is 0 Å². The number of rotatable bonds is 2. The predicted octanol–water partition coefficient (Wildman–Crippen LogP) is 3.55. The first kappa shape index (κ1) is 17.0. The van der Waals surface area contributed by atoms with Crippen molar-refractivity contribution in [3.63, 3.8) is 0 Å². The van der Waals surface area contributed by atoms with Crippen LogP contribution in [0.4, 0.5) is 0 Å². The zero-order valence-electron chi connectivity index (χ0n) is 11.1. The van der Waals surface area contributed by atoms with Gasteiger partial charge < -0.3 is 10.1 Å². The van der Waals surface area contributed by atoms with Crippen LogP contribution in [-0.4, -0.2) is 18.9 Å². The molecular weight excluding hydrogens is 186 g/mol. The van der Waals surface area contributed by atoms with Crippen LogP contribution >= 0.6 is 0 Å². The Balaban J connectivity index is 0. The van der Waals surface area contributed by atoms with E-state index in [0.29, 0.717) is 0 Å². The molecule has 1 aliphatic rings. The first-order chi connectivity index (χ1) is 7.15. The molecule has 1 N–H and O–H groups in total. The van der Waals surface area contributed by atoms with Crippen molar-refractivity contribution >= 4 is 5.78 Å². The van der Waals surface area contributed by atoms with Crippen molar-refractivity contribution in [2.24, 2.45) is 0 Å². The Morgan fingerprint density at radius 1 is 0.867 bits per heavy atom. The summed E-state index contributed by atoms with van der Waals surface area (Å²) in [5.74, 6) is 0.167. The van der Waals surface area contributed by atoms with E-state index in [-0.39, 0.29) is 5.78 Å². The van der Waals surface area contributed by atoms with Crippen LogP contribution < -0.4 is 5.32 Å². The fourth-order valence-electron chi connectivity index (χ4n) is 1.31. The molecule has 0 radical (unpaired) electrons. The summed E-state index contributed by atoms with van der Waals surface area (Å²) >= 11 is 0. The van der Waals surface area contributed by atoms with Gasteiger partial charge in [-0.1, -0.05) is 52.4 Å². The van der Waals surface area contributed by atoms with Crippen LogP contribution in [0, 0.1) is 0 Å². The molecule has 0 unspecified atom stereocenters. The average Bonchev–Trinajstić information content (AvgIpc) is 2.22. The fourth-order valence-corrected chi connectivity index (χ4v) is 1.31. The Morgan fingerprint density at radius 3 is 1.13 bits per heavy atom. The van der Waals surface area contributed by atoms with Crippen LogP contribution in [0.15, 0.2) is 0 Å². The van der Waals surface area contributed by atoms with Crippen molar-refractivity contribution in [1.82, 2.24) is 5.32 Å². The molecular formula is C13H29NO. The van der Waals surface area contributed by atoms with E-state index in [2.05, 4.69) is 19.2 Å². The van der Waals surface area contributed by atoms with Crippen molar-refractivity contribution in [2.75, 3.05) is 13.1 Å². The highest BCUT2D eigenvalue weighted by Gasteiger charge is 1.95. The summed E-state index contributed by atoms with van der Waals surface area (Å²) in [6.07, 6.45) is 9.00. The van der Waals surface area contributed by atoms with Crippen LogP contribution in [0.25, 0.3) is 0 Å². The average molecular weight is 215 g/mol. The standard InChI is InChI=1S/C6H12.C4H11N.C3H6O/c1-2-4-6-5-3-1;1-3-5-4-2;1-3(2)4/h1-6H2;5H,3-4H2,1-2H3;1-2H3. The summed E-state index contributed by atoms with van der Waals surface area (Å²) in [7, 11) is 0. The highest BCUT2D eigenvalue weighted by Crippen LogP contribution is 2.15. The summed E-state index contributed by atoms with van der Waals surface area (Å²) in [4.78, 5) is 9.44. The summed E-state index contributed by atoms with van der Waals surface area (Å²) in [6.45, 7) is 9.44. The Hall–Kier alpha value is -0.370. The van der Waals surface area contributed by atoms with Crippen LogP contribution in [0.2, 0.25) is 0 Å². The lowest BCUT2D eigenvalue weighted by Gasteiger charge is -2.05. The van der Waals surface area contributed by atoms with Crippen molar-refractivity contribution < 1.29 is 4.79 Å². The van der Waals surface area contributed by atoms with E-state index in [4.69, 9.17) is 0 Å². The first-order valence-corrected chi connectivity index (χ1v) is 6.33. The lowest BCUT2D eigenvalue weighted by molar-refractivity contribution is -0.114. The summed E-state index contributed by atoms with van der Waals surface area (Å²) < 4.78 is 0. The maximum absolute atomic E-state index is 9.44. The van der Waals surface area contributed by atoms with Crippen molar-refractivity contribution in [3.05, 3.63) is 0 Å². The van der Waals surface area contributed by atoms with Gasteiger partial charge >= 0.3 is 0 Å². The normalized spacial score (nSPS) is 14.1. The number of carbonyl (C=O) groups is 1. The zero-order chi connectivity index (χ0) is 11.9. The third kappa shape index (κ3) is 31.7. The monoisotopic (exact) mass is 215 g/mol. The van der Waals surface area contributed by atoms with Gasteiger partial charge in [0.05, 0.1) is 0 Å². The van der Waals surface area contributed by atoms with Crippen LogP contribution in [0.3, 0.4) is 0 Å². The van der Waals surface area contributed by atoms with E-state index in [9.17, 15) is 4.79 Å². The smallest absolute Gasteiger partial charge is 0.126 e. The second-order valence-corrected chi connectivity index (χ2v) is 3.99. The maximum atomic E-state index is 9.44. The van der Waals surface area contributed by atoms with Gasteiger partial charge in [-0.2, -0.15) is 0 Å². The highest BCUT2D eigenvalue weighted by molar-refractivity contribution is 5.72. The molecule has 0 aromatic carbocycles. The Labute approximate surface area is 95.8 Å². The van der Waals surface area contributed by atoms with E-state index >= 15 is 0 Å². The predicted molar refractivity (Wildman–Crippen MR) is 68.3 cm³/mol. The van der Waals surface area contributed by atoms with Crippen molar-refractivity contribution in [3.8, 4) is 0 Å². The molecule has 2 heteroatoms. The molecule has 2 nitrogen and oxygen atoms in total. The van der Waals surface area contributed by atoms with Gasteiger partial charge in [-0.05, 0) is 26.9 Å². The Bertz CT molecular complexity index is 102. The lowest BCUT2D eigenvalue weighted by atomic mass is 10.0. The molecule has 1 saturated carbocycles. The van der Waals surface area contributed by atoms with Gasteiger partial charge in [-0.25, -0.2) is 0 Å². The van der Waals surface area contributed by atoms with Gasteiger partial charge in [0.15, 0.2) is 0 Å². The summed E-state index contributed by atoms with van der Waals surface area (Å²) in [5, 5.41) is 3.11. The molecule has 0 aliphatic heterocycles. The Kier molecular flexibility index (Phi) is 18.3. The van der Waals surface area contributed by atoms with E-state index in [0.717, 1.165) is 13.1 Å². The number of ketones is 1. The summed E-state index contributed by atoms with van der Waals surface area (Å²) in [6, 6.07) is 0. The second kappa shape index (κ2) is 16.1. The number of hydrogen-bond acceptors (Lipinski definition) is 2. The molecule has 1 aliphatic carbocycles. The SMILES string of the molecule is C1CCCCC1.CC(C)=O.CCNCC. The highest BCUT2D eigenvalue weighted by atomic mass is 16.1. The van der Waals surface area contributed by atoms with E-state index < -0.39 is 0 Å². The van der Waals surface area contributed by atoms with E-state index in [1.54, 1.807) is 0 Å². The zero-order valence-corrected chi connectivity index (χ0v) is 11.1.